The van der Waals surface area contributed by atoms with Crippen LogP contribution in [0.15, 0.2) is 18.2 Å². The van der Waals surface area contributed by atoms with Gasteiger partial charge < -0.3 is 15.0 Å². The van der Waals surface area contributed by atoms with Crippen molar-refractivity contribution in [3.63, 3.8) is 0 Å². The Hall–Kier alpha value is -2.03. The van der Waals surface area contributed by atoms with Crippen molar-refractivity contribution in [2.45, 2.75) is 51.0 Å². The van der Waals surface area contributed by atoms with Crippen LogP contribution < -0.4 is 5.32 Å². The van der Waals surface area contributed by atoms with Crippen molar-refractivity contribution in [3.8, 4) is 11.3 Å². The number of nitrogens with zero attached hydrogens (tertiary/aromatic N) is 3. The maximum Gasteiger partial charge on any atom is 0.236 e. The first-order chi connectivity index (χ1) is 16.6. The van der Waals surface area contributed by atoms with Gasteiger partial charge in [-0.3, -0.25) is 9.69 Å². The van der Waals surface area contributed by atoms with E-state index in [0.29, 0.717) is 25.1 Å². The largest absolute Gasteiger partial charge is 0.383 e. The molecule has 34 heavy (non-hydrogen) atoms. The van der Waals surface area contributed by atoms with Gasteiger partial charge in [0.25, 0.3) is 0 Å². The van der Waals surface area contributed by atoms with Gasteiger partial charge in [-0.05, 0) is 75.1 Å². The molecule has 1 aromatic carbocycles. The van der Waals surface area contributed by atoms with Crippen LogP contribution in [-0.2, 0) is 22.4 Å². The fourth-order valence-electron chi connectivity index (χ4n) is 5.61. The summed E-state index contributed by atoms with van der Waals surface area (Å²) in [4.78, 5) is 23.3. The lowest BCUT2D eigenvalue weighted by Gasteiger charge is -2.34. The highest BCUT2D eigenvalue weighted by Crippen LogP contribution is 2.37. The van der Waals surface area contributed by atoms with Crippen LogP contribution in [0.5, 0.6) is 0 Å². The summed E-state index contributed by atoms with van der Waals surface area (Å²) >= 11 is 1.71. The molecule has 3 heterocycles. The number of hydrogen-bond donors (Lipinski definition) is 1. The van der Waals surface area contributed by atoms with Gasteiger partial charge in [0, 0.05) is 43.2 Å². The minimum atomic E-state index is -0.200. The van der Waals surface area contributed by atoms with Crippen LogP contribution >= 0.6 is 11.3 Å². The number of anilines is 1. The zero-order chi connectivity index (χ0) is 23.5. The minimum absolute atomic E-state index is 0.200. The van der Waals surface area contributed by atoms with Crippen LogP contribution in [0.3, 0.4) is 0 Å². The molecule has 8 heteroatoms. The van der Waals surface area contributed by atoms with Crippen molar-refractivity contribution in [3.05, 3.63) is 34.5 Å². The summed E-state index contributed by atoms with van der Waals surface area (Å²) in [5.41, 5.74) is 3.10. The number of hydrogen-bond acceptors (Lipinski definition) is 6. The van der Waals surface area contributed by atoms with E-state index in [2.05, 4.69) is 10.2 Å². The molecular formula is C26H35FN4O2S. The van der Waals surface area contributed by atoms with E-state index in [1.807, 2.05) is 11.0 Å². The number of ether oxygens (including phenoxy) is 1. The molecule has 1 N–H and O–H groups in total. The van der Waals surface area contributed by atoms with Crippen LogP contribution in [0.25, 0.3) is 11.3 Å². The molecule has 0 spiro atoms. The maximum atomic E-state index is 13.9. The average molecular weight is 487 g/mol. The van der Waals surface area contributed by atoms with Crippen LogP contribution in [0.2, 0.25) is 0 Å². The first-order valence-corrected chi connectivity index (χ1v) is 13.5. The van der Waals surface area contributed by atoms with Crippen molar-refractivity contribution in [2.24, 2.45) is 5.92 Å². The van der Waals surface area contributed by atoms with Crippen molar-refractivity contribution in [1.29, 1.82) is 0 Å². The zero-order valence-corrected chi connectivity index (χ0v) is 20.8. The fraction of sp³-hybridized carbons (Fsp3) is 0.615. The Bertz CT molecular complexity index is 1000. The Labute approximate surface area is 205 Å². The molecule has 5 rings (SSSR count). The van der Waals surface area contributed by atoms with E-state index in [4.69, 9.17) is 9.72 Å². The number of benzene rings is 1. The SMILES string of the molecule is COC[C@@H]1CCCN1CC(=O)N1CCC(CNc2nc3c(s2)CCCc2ccc(F)cc2-3)CC1. The number of piperidine rings is 1. The zero-order valence-electron chi connectivity index (χ0n) is 20.0. The van der Waals surface area contributed by atoms with Gasteiger partial charge in [0.1, 0.15) is 5.82 Å². The second-order valence-electron chi connectivity index (χ2n) is 9.87. The second kappa shape index (κ2) is 10.7. The third-order valence-corrected chi connectivity index (χ3v) is 8.65. The van der Waals surface area contributed by atoms with Gasteiger partial charge >= 0.3 is 0 Å². The molecule has 2 saturated heterocycles. The molecule has 1 aromatic heterocycles. The van der Waals surface area contributed by atoms with Gasteiger partial charge in [-0.25, -0.2) is 9.37 Å². The molecule has 1 aliphatic carbocycles. The van der Waals surface area contributed by atoms with Gasteiger partial charge in [0.05, 0.1) is 18.8 Å². The number of carbonyl (C=O) groups is 1. The molecule has 184 valence electrons. The molecule has 2 aromatic rings. The summed E-state index contributed by atoms with van der Waals surface area (Å²) in [7, 11) is 1.73. The molecule has 0 bridgehead atoms. The topological polar surface area (TPSA) is 57.7 Å². The Balaban J connectivity index is 1.12. The highest BCUT2D eigenvalue weighted by Gasteiger charge is 2.29. The number of fused-ring (bicyclic) bond motifs is 3. The summed E-state index contributed by atoms with van der Waals surface area (Å²) in [5, 5.41) is 4.48. The van der Waals surface area contributed by atoms with E-state index < -0.39 is 0 Å². The van der Waals surface area contributed by atoms with Crippen molar-refractivity contribution in [1.82, 2.24) is 14.8 Å². The Morgan fingerprint density at radius 3 is 2.88 bits per heavy atom. The van der Waals surface area contributed by atoms with Gasteiger partial charge in [-0.2, -0.15) is 0 Å². The van der Waals surface area contributed by atoms with Crippen LogP contribution in [0.4, 0.5) is 9.52 Å². The molecular weight excluding hydrogens is 451 g/mol. The predicted molar refractivity (Wildman–Crippen MR) is 134 cm³/mol. The lowest BCUT2D eigenvalue weighted by atomic mass is 9.97. The summed E-state index contributed by atoms with van der Waals surface area (Å²) in [6.45, 7) is 4.75. The van der Waals surface area contributed by atoms with E-state index in [-0.39, 0.29) is 11.7 Å². The van der Waals surface area contributed by atoms with Gasteiger partial charge in [0.2, 0.25) is 5.91 Å². The number of aryl methyl sites for hydroxylation is 2. The number of rotatable bonds is 7. The quantitative estimate of drug-likeness (QED) is 0.636. The van der Waals surface area contributed by atoms with E-state index in [1.165, 1.54) is 10.4 Å². The lowest BCUT2D eigenvalue weighted by molar-refractivity contribution is -0.134. The molecule has 2 fully saturated rings. The van der Waals surface area contributed by atoms with E-state index >= 15 is 0 Å². The van der Waals surface area contributed by atoms with E-state index in [0.717, 1.165) is 87.5 Å². The van der Waals surface area contributed by atoms with E-state index in [9.17, 15) is 9.18 Å². The molecule has 2 aliphatic heterocycles. The van der Waals surface area contributed by atoms with E-state index in [1.54, 1.807) is 30.6 Å². The Morgan fingerprint density at radius 1 is 1.21 bits per heavy atom. The number of amides is 1. The highest BCUT2D eigenvalue weighted by atomic mass is 32.1. The van der Waals surface area contributed by atoms with Crippen molar-refractivity contribution in [2.75, 3.05) is 51.8 Å². The van der Waals surface area contributed by atoms with Crippen LogP contribution in [0.1, 0.15) is 42.5 Å². The van der Waals surface area contributed by atoms with Gasteiger partial charge in [-0.15, -0.1) is 11.3 Å². The monoisotopic (exact) mass is 486 g/mol. The first-order valence-electron chi connectivity index (χ1n) is 12.6. The van der Waals surface area contributed by atoms with Crippen molar-refractivity contribution < 1.29 is 13.9 Å². The molecule has 3 aliphatic rings. The van der Waals surface area contributed by atoms with Crippen molar-refractivity contribution >= 4 is 22.4 Å². The molecule has 0 radical (unpaired) electrons. The molecule has 0 unspecified atom stereocenters. The maximum absolute atomic E-state index is 13.9. The van der Waals surface area contributed by atoms with Crippen LogP contribution in [-0.4, -0.2) is 73.2 Å². The molecule has 0 saturated carbocycles. The standard InChI is InChI=1S/C26H35FN4O2S/c1-33-17-21-5-3-11-31(21)16-24(32)30-12-9-18(10-13-30)15-28-26-29-25-22-14-20(27)8-7-19(22)4-2-6-23(25)34-26/h7-8,14,18,21H,2-6,9-13,15-17H2,1H3,(H,28,29)/t21-/m0/s1. The number of thiazole rings is 1. The highest BCUT2D eigenvalue weighted by molar-refractivity contribution is 7.16. The van der Waals surface area contributed by atoms with Gasteiger partial charge in [-0.1, -0.05) is 6.07 Å². The molecule has 1 amide bonds. The summed E-state index contributed by atoms with van der Waals surface area (Å²) in [6, 6.07) is 5.47. The number of methoxy groups -OCH3 is 1. The smallest absolute Gasteiger partial charge is 0.236 e. The number of carbonyl (C=O) groups excluding carboxylic acids is 1. The van der Waals surface area contributed by atoms with Crippen LogP contribution in [0, 0.1) is 11.7 Å². The number of nitrogens with one attached hydrogen (secondary N) is 1. The Kier molecular flexibility index (Phi) is 7.46. The van der Waals surface area contributed by atoms with Gasteiger partial charge in [0.15, 0.2) is 5.13 Å². The second-order valence-corrected chi connectivity index (χ2v) is 11.0. The number of halogens is 1. The number of likely N-dealkylation sites (tertiary alicyclic amines) is 2. The minimum Gasteiger partial charge on any atom is -0.383 e. The normalized spacial score (nSPS) is 21.2. The third-order valence-electron chi connectivity index (χ3n) is 7.58. The number of aromatic nitrogens is 1. The summed E-state index contributed by atoms with van der Waals surface area (Å²) in [5.74, 6) is 0.587. The summed E-state index contributed by atoms with van der Waals surface area (Å²) < 4.78 is 19.2. The molecule has 6 nitrogen and oxygen atoms in total. The summed E-state index contributed by atoms with van der Waals surface area (Å²) in [6.07, 6.45) is 7.34. The predicted octanol–water partition coefficient (Wildman–Crippen LogP) is 4.20. The lowest BCUT2D eigenvalue weighted by Crippen LogP contribution is -2.46. The first kappa shape index (κ1) is 23.7. The third kappa shape index (κ3) is 5.29. The fourth-order valence-corrected chi connectivity index (χ4v) is 6.63. The molecule has 1 atom stereocenters. The average Bonchev–Trinajstić information content (AvgIpc) is 3.42. The Morgan fingerprint density at radius 2 is 2.06 bits per heavy atom.